The van der Waals surface area contributed by atoms with Crippen molar-refractivity contribution >= 4 is 17.7 Å². The number of hydrogen-bond acceptors (Lipinski definition) is 7. The number of hydrogen-bond donors (Lipinski definition) is 6. The first-order valence-electron chi connectivity index (χ1n) is 4.14. The van der Waals surface area contributed by atoms with Crippen LogP contribution in [0.1, 0.15) is 0 Å². The van der Waals surface area contributed by atoms with Gasteiger partial charge in [0, 0.05) is 14.1 Å². The van der Waals surface area contributed by atoms with Crippen LogP contribution in [0.4, 0.5) is 0 Å². The van der Waals surface area contributed by atoms with E-state index >= 15 is 0 Å². The number of aliphatic hydroxyl groups excluding tert-OH is 3. The van der Waals surface area contributed by atoms with Crippen molar-refractivity contribution in [1.29, 1.82) is 0 Å². The Morgan fingerprint density at radius 3 is 1.47 bits per heavy atom. The molecule has 1 atom stereocenters. The van der Waals surface area contributed by atoms with E-state index in [1.54, 1.807) is 0 Å². The predicted molar refractivity (Wildman–Crippen MR) is 66.1 cm³/mol. The molecule has 0 aromatic heterocycles. The lowest BCUT2D eigenvalue weighted by Crippen LogP contribution is -2.50. The van der Waals surface area contributed by atoms with Crippen molar-refractivity contribution in [1.82, 2.24) is 5.06 Å². The molecule has 0 aromatic carbocycles. The molecule has 1 unspecified atom stereocenters. The normalized spacial score (nSPS) is 11.6. The Balaban J connectivity index is -0.000000218. The molecule has 0 rings (SSSR count). The second-order valence-electron chi connectivity index (χ2n) is 3.22. The van der Waals surface area contributed by atoms with Crippen LogP contribution < -0.4 is 5.73 Å². The highest BCUT2D eigenvalue weighted by molar-refractivity contribution is 7.46. The van der Waals surface area contributed by atoms with E-state index in [4.69, 9.17) is 30.8 Å². The summed E-state index contributed by atoms with van der Waals surface area (Å²) in [4.78, 5) is 16.1. The van der Waals surface area contributed by atoms with Crippen LogP contribution in [0.2, 0.25) is 0 Å². The summed E-state index contributed by atoms with van der Waals surface area (Å²) in [5.41, 5.74) is 3.94. The van der Waals surface area contributed by atoms with Gasteiger partial charge in [-0.05, 0) is 0 Å². The Labute approximate surface area is 103 Å². The topological polar surface area (TPSA) is 157 Å². The Morgan fingerprint density at radius 1 is 1.18 bits per heavy atom. The minimum atomic E-state index is -4.30. The van der Waals surface area contributed by atoms with Gasteiger partial charge >= 0.3 is 7.82 Å². The lowest BCUT2D eigenvalue weighted by atomic mass is 10.1. The fourth-order valence-corrected chi connectivity index (χ4v) is 0.788. The molecule has 0 aliphatic carbocycles. The molecule has 108 valence electrons. The van der Waals surface area contributed by atoms with Crippen molar-refractivity contribution in [3.05, 3.63) is 0 Å². The van der Waals surface area contributed by atoms with E-state index in [0.717, 1.165) is 5.06 Å². The molecule has 0 aromatic rings. The minimum Gasteiger partial charge on any atom is -0.394 e. The van der Waals surface area contributed by atoms with Crippen LogP contribution in [-0.4, -0.2) is 69.6 Å². The molecule has 0 aliphatic heterocycles. The number of rotatable bonds is 5. The Kier molecular flexibility index (Phi) is 13.6. The number of nitrogens with zero attached hydrogens (tertiary/aromatic N) is 1. The molecule has 17 heavy (non-hydrogen) atoms. The Hall–Kier alpha value is 0.340. The van der Waals surface area contributed by atoms with Gasteiger partial charge in [0.1, 0.15) is 0 Å². The molecule has 11 heteroatoms. The number of hydroxylamine groups is 2. The van der Waals surface area contributed by atoms with Gasteiger partial charge in [-0.1, -0.05) is 0 Å². The van der Waals surface area contributed by atoms with Gasteiger partial charge in [-0.3, -0.25) is 0 Å². The summed E-state index contributed by atoms with van der Waals surface area (Å²) in [6.07, 6.45) is 0. The molecule has 0 spiro atoms. The van der Waals surface area contributed by atoms with Crippen molar-refractivity contribution in [2.24, 2.45) is 5.73 Å². The first-order valence-corrected chi connectivity index (χ1v) is 5.67. The monoisotopic (exact) mass is 296 g/mol. The molecule has 0 radical (unpaired) electrons. The highest BCUT2D eigenvalue weighted by Crippen LogP contribution is 2.35. The Morgan fingerprint density at radius 2 is 1.47 bits per heavy atom. The van der Waals surface area contributed by atoms with Gasteiger partial charge < -0.3 is 30.8 Å². The van der Waals surface area contributed by atoms with Gasteiger partial charge in [-0.2, -0.15) is 19.6 Å². The number of phosphoric acid groups is 1. The largest absolute Gasteiger partial charge is 0.486 e. The molecule has 7 N–H and O–H groups in total. The molecular formula is C6H22N2O7P2. The average molecular weight is 296 g/mol. The summed E-state index contributed by atoms with van der Waals surface area (Å²) >= 11 is 0. The van der Waals surface area contributed by atoms with Crippen LogP contribution in [0.3, 0.4) is 0 Å². The Bertz CT molecular complexity index is 210. The van der Waals surface area contributed by atoms with E-state index in [1.165, 1.54) is 14.1 Å². The lowest BCUT2D eigenvalue weighted by Gasteiger charge is -2.20. The van der Waals surface area contributed by atoms with Crippen molar-refractivity contribution in [3.8, 4) is 0 Å². The van der Waals surface area contributed by atoms with Crippen LogP contribution in [-0.2, 0) is 9.19 Å². The summed E-state index contributed by atoms with van der Waals surface area (Å²) in [6.45, 7) is -1.21. The SMILES string of the molecule is CN(C)OP(=O)(O)O.NC(CO)(CO)CO.P. The number of nitrogens with two attached hydrogens (primary N) is 1. The zero-order valence-electron chi connectivity index (χ0n) is 9.85. The molecule has 0 aliphatic rings. The van der Waals surface area contributed by atoms with Crippen LogP contribution in [0.15, 0.2) is 0 Å². The molecule has 0 saturated heterocycles. The van der Waals surface area contributed by atoms with E-state index in [1.807, 2.05) is 0 Å². The van der Waals surface area contributed by atoms with Crippen LogP contribution in [0.5, 0.6) is 0 Å². The van der Waals surface area contributed by atoms with E-state index in [0.29, 0.717) is 0 Å². The smallest absolute Gasteiger partial charge is 0.394 e. The van der Waals surface area contributed by atoms with Gasteiger partial charge in [-0.25, -0.2) is 4.57 Å². The predicted octanol–water partition coefficient (Wildman–Crippen LogP) is -2.71. The third-order valence-corrected chi connectivity index (χ3v) is 1.75. The molecule has 0 amide bonds. The highest BCUT2D eigenvalue weighted by atomic mass is 31.2. The fraction of sp³-hybridized carbons (Fsp3) is 1.00. The first kappa shape index (κ1) is 22.5. The molecule has 0 fully saturated rings. The second kappa shape index (κ2) is 10.3. The molecule has 9 nitrogen and oxygen atoms in total. The zero-order chi connectivity index (χ0) is 13.4. The maximum atomic E-state index is 9.87. The summed E-state index contributed by atoms with van der Waals surface area (Å²) in [5.74, 6) is 0. The zero-order valence-corrected chi connectivity index (χ0v) is 12.2. The average Bonchev–Trinajstić information content (AvgIpc) is 2.14. The highest BCUT2D eigenvalue weighted by Gasteiger charge is 2.20. The molecule has 0 saturated carbocycles. The van der Waals surface area contributed by atoms with Crippen molar-refractivity contribution in [3.63, 3.8) is 0 Å². The van der Waals surface area contributed by atoms with E-state index in [9.17, 15) is 4.57 Å². The van der Waals surface area contributed by atoms with E-state index in [-0.39, 0.29) is 9.90 Å². The maximum Gasteiger partial charge on any atom is 0.486 e. The number of aliphatic hydroxyl groups is 3. The van der Waals surface area contributed by atoms with E-state index in [2.05, 4.69) is 4.62 Å². The van der Waals surface area contributed by atoms with Crippen molar-refractivity contribution < 1.29 is 34.3 Å². The van der Waals surface area contributed by atoms with Gasteiger partial charge in [0.25, 0.3) is 0 Å². The minimum absolute atomic E-state index is 0. The summed E-state index contributed by atoms with van der Waals surface area (Å²) in [5, 5.41) is 26.0. The summed E-state index contributed by atoms with van der Waals surface area (Å²) in [6, 6.07) is 0. The standard InChI is InChI=1S/C4H11NO3.C2H8NO4P.H3P/c5-4(1-6,2-7)3-8;1-3(2)7-8(4,5)6;/h6-8H,1-3,5H2;1-2H3,(H2,4,5,6);1H3. The third kappa shape index (κ3) is 16.3. The third-order valence-electron chi connectivity index (χ3n) is 1.21. The molecular weight excluding hydrogens is 274 g/mol. The van der Waals surface area contributed by atoms with Crippen molar-refractivity contribution in [2.45, 2.75) is 5.54 Å². The van der Waals surface area contributed by atoms with Gasteiger partial charge in [0.05, 0.1) is 25.4 Å². The van der Waals surface area contributed by atoms with Crippen LogP contribution >= 0.6 is 17.7 Å². The molecule has 0 heterocycles. The van der Waals surface area contributed by atoms with E-state index < -0.39 is 33.2 Å². The summed E-state index contributed by atoms with van der Waals surface area (Å²) in [7, 11) is -1.52. The second-order valence-corrected chi connectivity index (χ2v) is 4.37. The first-order chi connectivity index (χ1) is 7.10. The maximum absolute atomic E-state index is 9.87. The van der Waals surface area contributed by atoms with Crippen molar-refractivity contribution in [2.75, 3.05) is 33.9 Å². The van der Waals surface area contributed by atoms with Crippen LogP contribution in [0, 0.1) is 0 Å². The van der Waals surface area contributed by atoms with Crippen LogP contribution in [0.25, 0.3) is 0 Å². The van der Waals surface area contributed by atoms with Gasteiger partial charge in [-0.15, -0.1) is 0 Å². The van der Waals surface area contributed by atoms with Gasteiger partial charge in [0.2, 0.25) is 0 Å². The molecule has 0 bridgehead atoms. The fourth-order valence-electron chi connectivity index (χ4n) is 0.363. The quantitative estimate of drug-likeness (QED) is 0.234. The van der Waals surface area contributed by atoms with Gasteiger partial charge in [0.15, 0.2) is 0 Å². The summed E-state index contributed by atoms with van der Waals surface area (Å²) < 4.78 is 13.8. The lowest BCUT2D eigenvalue weighted by molar-refractivity contribution is -0.0330.